The molecule has 0 bridgehead atoms. The molecule has 2 heterocycles. The topological polar surface area (TPSA) is 76.7 Å². The second-order valence-corrected chi connectivity index (χ2v) is 9.84. The largest absolute Gasteiger partial charge is 0.486 e. The summed E-state index contributed by atoms with van der Waals surface area (Å²) in [4.78, 5) is 27.4. The molecule has 0 aliphatic carbocycles. The van der Waals surface area contributed by atoms with Gasteiger partial charge in [-0.05, 0) is 47.3 Å². The minimum absolute atomic E-state index is 0.155. The van der Waals surface area contributed by atoms with Gasteiger partial charge in [0.05, 0.1) is 4.88 Å². The summed E-state index contributed by atoms with van der Waals surface area (Å²) in [5, 5.41) is 7.30. The minimum atomic E-state index is -0.507. The number of fused-ring (bicyclic) bond motifs is 1. The number of thioether (sulfide) groups is 1. The van der Waals surface area contributed by atoms with E-state index in [-0.39, 0.29) is 11.8 Å². The van der Waals surface area contributed by atoms with Crippen molar-refractivity contribution in [3.05, 3.63) is 101 Å². The third-order valence-electron chi connectivity index (χ3n) is 5.24. The zero-order valence-corrected chi connectivity index (χ0v) is 20.2. The van der Waals surface area contributed by atoms with Crippen LogP contribution in [0.2, 0.25) is 0 Å². The standard InChI is InChI=1S/C27H22N2O4S2/c30-26(24-10-5-15-34-24)28-19-8-4-9-21(16-19)35-25(18-6-2-1-3-7-18)27(31)29-20-11-12-22-23(17-20)33-14-13-32-22/h1-12,15-17,25H,13-14H2,(H,28,30)(H,29,31). The number of amides is 2. The van der Waals surface area contributed by atoms with Gasteiger partial charge in [-0.3, -0.25) is 9.59 Å². The van der Waals surface area contributed by atoms with Crippen molar-refractivity contribution >= 4 is 46.3 Å². The van der Waals surface area contributed by atoms with E-state index in [1.165, 1.54) is 23.1 Å². The number of anilines is 2. The average Bonchev–Trinajstić information content (AvgIpc) is 3.43. The van der Waals surface area contributed by atoms with E-state index in [9.17, 15) is 9.59 Å². The van der Waals surface area contributed by atoms with Crippen LogP contribution in [0.25, 0.3) is 0 Å². The molecule has 4 aromatic rings. The Kier molecular flexibility index (Phi) is 7.02. The lowest BCUT2D eigenvalue weighted by Gasteiger charge is -2.20. The summed E-state index contributed by atoms with van der Waals surface area (Å²) in [6, 6.07) is 26.1. The van der Waals surface area contributed by atoms with Gasteiger partial charge in [-0.15, -0.1) is 23.1 Å². The molecule has 1 aromatic heterocycles. The molecule has 5 rings (SSSR count). The van der Waals surface area contributed by atoms with Gasteiger partial charge in [0.15, 0.2) is 11.5 Å². The predicted octanol–water partition coefficient (Wildman–Crippen LogP) is 6.24. The van der Waals surface area contributed by atoms with Crippen molar-refractivity contribution in [3.63, 3.8) is 0 Å². The lowest BCUT2D eigenvalue weighted by molar-refractivity contribution is -0.115. The Morgan fingerprint density at radius 1 is 0.800 bits per heavy atom. The zero-order chi connectivity index (χ0) is 24.0. The molecule has 0 saturated carbocycles. The number of carbonyl (C=O) groups is 2. The van der Waals surface area contributed by atoms with Crippen LogP contribution < -0.4 is 20.1 Å². The molecule has 0 saturated heterocycles. The Hall–Kier alpha value is -3.75. The van der Waals surface area contributed by atoms with Crippen molar-refractivity contribution in [3.8, 4) is 11.5 Å². The fourth-order valence-electron chi connectivity index (χ4n) is 3.61. The Bertz CT molecular complexity index is 1330. The fourth-order valence-corrected chi connectivity index (χ4v) is 5.32. The first-order chi connectivity index (χ1) is 17.2. The second-order valence-electron chi connectivity index (χ2n) is 7.72. The van der Waals surface area contributed by atoms with Crippen molar-refractivity contribution < 1.29 is 19.1 Å². The Balaban J connectivity index is 1.35. The van der Waals surface area contributed by atoms with Crippen LogP contribution in [-0.2, 0) is 4.79 Å². The zero-order valence-electron chi connectivity index (χ0n) is 18.6. The van der Waals surface area contributed by atoms with Crippen LogP contribution in [0.4, 0.5) is 11.4 Å². The normalized spacial score (nSPS) is 13.0. The third kappa shape index (κ3) is 5.67. The van der Waals surface area contributed by atoms with E-state index in [0.29, 0.717) is 41.0 Å². The van der Waals surface area contributed by atoms with Gasteiger partial charge in [-0.25, -0.2) is 0 Å². The van der Waals surface area contributed by atoms with E-state index in [1.54, 1.807) is 24.3 Å². The first-order valence-corrected chi connectivity index (χ1v) is 12.8. The monoisotopic (exact) mass is 502 g/mol. The third-order valence-corrected chi connectivity index (χ3v) is 7.36. The summed E-state index contributed by atoms with van der Waals surface area (Å²) in [5.41, 5.74) is 2.19. The van der Waals surface area contributed by atoms with Crippen molar-refractivity contribution in [1.29, 1.82) is 0 Å². The smallest absolute Gasteiger partial charge is 0.265 e. The highest BCUT2D eigenvalue weighted by Gasteiger charge is 2.23. The van der Waals surface area contributed by atoms with E-state index in [2.05, 4.69) is 10.6 Å². The van der Waals surface area contributed by atoms with Gasteiger partial charge in [0.25, 0.3) is 5.91 Å². The summed E-state index contributed by atoms with van der Waals surface area (Å²) in [6.45, 7) is 0.991. The maximum absolute atomic E-state index is 13.4. The van der Waals surface area contributed by atoms with Crippen molar-refractivity contribution in [2.75, 3.05) is 23.8 Å². The number of nitrogens with one attached hydrogen (secondary N) is 2. The van der Waals surface area contributed by atoms with Crippen LogP contribution in [0.15, 0.2) is 95.2 Å². The molecule has 2 amide bonds. The number of hydrogen-bond donors (Lipinski definition) is 2. The first kappa shape index (κ1) is 23.0. The van der Waals surface area contributed by atoms with E-state index >= 15 is 0 Å². The van der Waals surface area contributed by atoms with E-state index in [4.69, 9.17) is 9.47 Å². The lowest BCUT2D eigenvalue weighted by atomic mass is 10.1. The molecule has 1 aliphatic heterocycles. The molecule has 3 aromatic carbocycles. The van der Waals surface area contributed by atoms with Crippen molar-refractivity contribution in [1.82, 2.24) is 0 Å². The van der Waals surface area contributed by atoms with Gasteiger partial charge in [-0.1, -0.05) is 42.5 Å². The highest BCUT2D eigenvalue weighted by Crippen LogP contribution is 2.38. The fraction of sp³-hybridized carbons (Fsp3) is 0.111. The highest BCUT2D eigenvalue weighted by atomic mass is 32.2. The Morgan fingerprint density at radius 3 is 2.40 bits per heavy atom. The number of thiophene rings is 1. The number of benzene rings is 3. The molecule has 6 nitrogen and oxygen atoms in total. The molecule has 1 atom stereocenters. The summed E-state index contributed by atoms with van der Waals surface area (Å²) in [7, 11) is 0. The number of ether oxygens (including phenoxy) is 2. The van der Waals surface area contributed by atoms with E-state index in [0.717, 1.165) is 10.5 Å². The highest BCUT2D eigenvalue weighted by molar-refractivity contribution is 8.00. The SMILES string of the molecule is O=C(Nc1cccc(SC(C(=O)Nc2ccc3c(c2)OCCO3)c2ccccc2)c1)c1cccs1. The molecule has 0 fully saturated rings. The van der Waals surface area contributed by atoms with Gasteiger partial charge < -0.3 is 20.1 Å². The molecule has 1 aliphatic rings. The summed E-state index contributed by atoms with van der Waals surface area (Å²) >= 11 is 2.81. The van der Waals surface area contributed by atoms with Crippen LogP contribution in [0.1, 0.15) is 20.5 Å². The number of hydrogen-bond acceptors (Lipinski definition) is 6. The number of carbonyl (C=O) groups excluding carboxylic acids is 2. The molecule has 2 N–H and O–H groups in total. The van der Waals surface area contributed by atoms with Crippen molar-refractivity contribution in [2.45, 2.75) is 10.1 Å². The van der Waals surface area contributed by atoms with E-state index < -0.39 is 5.25 Å². The molecule has 0 radical (unpaired) electrons. The van der Waals surface area contributed by atoms with Crippen LogP contribution in [0.3, 0.4) is 0 Å². The molecular formula is C27H22N2O4S2. The predicted molar refractivity (Wildman–Crippen MR) is 140 cm³/mol. The van der Waals surface area contributed by atoms with Crippen LogP contribution >= 0.6 is 23.1 Å². The van der Waals surface area contributed by atoms with Gasteiger partial charge >= 0.3 is 0 Å². The van der Waals surface area contributed by atoms with Crippen LogP contribution in [0, 0.1) is 0 Å². The quantitative estimate of drug-likeness (QED) is 0.293. The van der Waals surface area contributed by atoms with Crippen molar-refractivity contribution in [2.24, 2.45) is 0 Å². The summed E-state index contributed by atoms with van der Waals surface area (Å²) in [6.07, 6.45) is 0. The second kappa shape index (κ2) is 10.7. The minimum Gasteiger partial charge on any atom is -0.486 e. The molecular weight excluding hydrogens is 480 g/mol. The lowest BCUT2D eigenvalue weighted by Crippen LogP contribution is -2.20. The molecule has 35 heavy (non-hydrogen) atoms. The van der Waals surface area contributed by atoms with Gasteiger partial charge in [0.2, 0.25) is 5.91 Å². The molecule has 8 heteroatoms. The summed E-state index contributed by atoms with van der Waals surface area (Å²) < 4.78 is 11.2. The van der Waals surface area contributed by atoms with E-state index in [1.807, 2.05) is 66.0 Å². The maximum Gasteiger partial charge on any atom is 0.265 e. The van der Waals surface area contributed by atoms with Crippen LogP contribution in [-0.4, -0.2) is 25.0 Å². The molecule has 1 unspecified atom stereocenters. The molecule has 0 spiro atoms. The van der Waals surface area contributed by atoms with Crippen LogP contribution in [0.5, 0.6) is 11.5 Å². The number of rotatable bonds is 7. The van der Waals surface area contributed by atoms with Gasteiger partial charge in [0, 0.05) is 22.3 Å². The van der Waals surface area contributed by atoms with Gasteiger partial charge in [-0.2, -0.15) is 0 Å². The Morgan fingerprint density at radius 2 is 1.60 bits per heavy atom. The summed E-state index contributed by atoms with van der Waals surface area (Å²) in [5.74, 6) is 0.973. The maximum atomic E-state index is 13.4. The van der Waals surface area contributed by atoms with Gasteiger partial charge in [0.1, 0.15) is 18.5 Å². The Labute approximate surface area is 211 Å². The molecule has 176 valence electrons. The first-order valence-electron chi connectivity index (χ1n) is 11.0. The average molecular weight is 503 g/mol.